The van der Waals surface area contributed by atoms with Crippen LogP contribution in [0.5, 0.6) is 0 Å². The molecule has 0 saturated carbocycles. The summed E-state index contributed by atoms with van der Waals surface area (Å²) in [6, 6.07) is 1.22. The molecule has 0 saturated heterocycles. The van der Waals surface area contributed by atoms with Gasteiger partial charge in [0.15, 0.2) is 5.82 Å². The molecule has 0 aliphatic heterocycles. The number of nitrogens with zero attached hydrogens (tertiary/aromatic N) is 3. The second kappa shape index (κ2) is 5.49. The summed E-state index contributed by atoms with van der Waals surface area (Å²) < 4.78 is 32.0. The highest BCUT2D eigenvalue weighted by Crippen LogP contribution is 2.31. The van der Waals surface area contributed by atoms with Gasteiger partial charge in [0.25, 0.3) is 5.89 Å². The van der Waals surface area contributed by atoms with E-state index in [1.165, 1.54) is 0 Å². The van der Waals surface area contributed by atoms with Crippen molar-refractivity contribution < 1.29 is 18.2 Å². The quantitative estimate of drug-likeness (QED) is 0.489. The van der Waals surface area contributed by atoms with Crippen LogP contribution >= 0.6 is 11.6 Å². The number of halogens is 3. The third-order valence-corrected chi connectivity index (χ3v) is 3.03. The Hall–Kier alpha value is -2.09. The fraction of sp³-hybridized carbons (Fsp3) is 0.273. The Bertz CT molecular complexity index is 662. The molecule has 0 aliphatic rings. The first kappa shape index (κ1) is 14.3. The summed E-state index contributed by atoms with van der Waals surface area (Å²) in [5, 5.41) is 13.6. The van der Waals surface area contributed by atoms with Gasteiger partial charge in [-0.15, -0.1) is 11.6 Å². The highest BCUT2D eigenvalue weighted by atomic mass is 35.5. The second-order valence-electron chi connectivity index (χ2n) is 3.88. The molecule has 1 heterocycles. The average Bonchev–Trinajstić information content (AvgIpc) is 2.89. The number of alkyl halides is 1. The van der Waals surface area contributed by atoms with Crippen LogP contribution in [-0.2, 0) is 0 Å². The van der Waals surface area contributed by atoms with E-state index in [4.69, 9.17) is 16.1 Å². The van der Waals surface area contributed by atoms with Crippen molar-refractivity contribution in [1.29, 1.82) is 0 Å². The molecule has 2 rings (SSSR count). The van der Waals surface area contributed by atoms with Crippen LogP contribution < -0.4 is 0 Å². The standard InChI is InChI=1S/C11H8ClF2N3O3/c1-2-7(12)10-15-11(20-16-10)6-3-5(13)4-8(9(6)14)17(18)19/h3-4,7H,2H2,1H3. The van der Waals surface area contributed by atoms with Crippen LogP contribution in [0.2, 0.25) is 0 Å². The summed E-state index contributed by atoms with van der Waals surface area (Å²) in [4.78, 5) is 13.4. The SMILES string of the molecule is CCC(Cl)c1noc(-c2cc(F)cc([N+](=O)[O-])c2F)n1. The molecule has 1 atom stereocenters. The Morgan fingerprint density at radius 3 is 2.80 bits per heavy atom. The van der Waals surface area contributed by atoms with Gasteiger partial charge in [-0.1, -0.05) is 12.1 Å². The van der Waals surface area contributed by atoms with E-state index < -0.39 is 33.2 Å². The topological polar surface area (TPSA) is 82.1 Å². The maximum atomic E-state index is 13.9. The Morgan fingerprint density at radius 2 is 2.20 bits per heavy atom. The van der Waals surface area contributed by atoms with E-state index in [2.05, 4.69) is 10.1 Å². The van der Waals surface area contributed by atoms with Crippen LogP contribution in [-0.4, -0.2) is 15.1 Å². The molecule has 2 aromatic rings. The molecule has 1 aromatic carbocycles. The van der Waals surface area contributed by atoms with E-state index in [1.807, 2.05) is 0 Å². The monoisotopic (exact) mass is 303 g/mol. The molecule has 1 unspecified atom stereocenters. The minimum Gasteiger partial charge on any atom is -0.334 e. The number of hydrogen-bond acceptors (Lipinski definition) is 5. The van der Waals surface area contributed by atoms with Crippen molar-refractivity contribution in [3.05, 3.63) is 39.7 Å². The Morgan fingerprint density at radius 1 is 1.50 bits per heavy atom. The zero-order valence-electron chi connectivity index (χ0n) is 10.1. The molecule has 0 aliphatic carbocycles. The van der Waals surface area contributed by atoms with Gasteiger partial charge in [0.1, 0.15) is 5.82 Å². The predicted octanol–water partition coefficient (Wildman–Crippen LogP) is 3.61. The van der Waals surface area contributed by atoms with Crippen molar-refractivity contribution >= 4 is 17.3 Å². The van der Waals surface area contributed by atoms with E-state index in [0.717, 1.165) is 6.07 Å². The highest BCUT2D eigenvalue weighted by Gasteiger charge is 2.25. The van der Waals surface area contributed by atoms with Gasteiger partial charge in [-0.2, -0.15) is 9.37 Å². The molecular weight excluding hydrogens is 296 g/mol. The number of nitro groups is 1. The van der Waals surface area contributed by atoms with Crippen molar-refractivity contribution in [3.63, 3.8) is 0 Å². The normalized spacial score (nSPS) is 12.4. The predicted molar refractivity (Wildman–Crippen MR) is 65.2 cm³/mol. The molecule has 9 heteroatoms. The fourth-order valence-electron chi connectivity index (χ4n) is 1.52. The first-order valence-electron chi connectivity index (χ1n) is 5.55. The molecule has 1 aromatic heterocycles. The summed E-state index contributed by atoms with van der Waals surface area (Å²) in [5.74, 6) is -2.48. The van der Waals surface area contributed by atoms with Gasteiger partial charge in [0.05, 0.1) is 21.9 Å². The lowest BCUT2D eigenvalue weighted by molar-refractivity contribution is -0.387. The third-order valence-electron chi connectivity index (χ3n) is 2.53. The van der Waals surface area contributed by atoms with E-state index in [0.29, 0.717) is 12.5 Å². The van der Waals surface area contributed by atoms with Gasteiger partial charge in [-0.3, -0.25) is 10.1 Å². The van der Waals surface area contributed by atoms with Crippen LogP contribution in [0.1, 0.15) is 24.5 Å². The Balaban J connectivity index is 2.52. The largest absolute Gasteiger partial charge is 0.334 e. The highest BCUT2D eigenvalue weighted by molar-refractivity contribution is 6.20. The lowest BCUT2D eigenvalue weighted by Crippen LogP contribution is -1.97. The van der Waals surface area contributed by atoms with Crippen LogP contribution in [0.4, 0.5) is 14.5 Å². The summed E-state index contributed by atoms with van der Waals surface area (Å²) >= 11 is 5.88. The molecule has 0 bridgehead atoms. The second-order valence-corrected chi connectivity index (χ2v) is 4.40. The van der Waals surface area contributed by atoms with Gasteiger partial charge in [-0.25, -0.2) is 4.39 Å². The van der Waals surface area contributed by atoms with E-state index in [-0.39, 0.29) is 11.7 Å². The molecule has 6 nitrogen and oxygen atoms in total. The van der Waals surface area contributed by atoms with Crippen molar-refractivity contribution in [1.82, 2.24) is 10.1 Å². The molecule has 0 N–H and O–H groups in total. The third kappa shape index (κ3) is 2.60. The number of nitro benzene ring substituents is 1. The summed E-state index contributed by atoms with van der Waals surface area (Å²) in [7, 11) is 0. The first-order chi connectivity index (χ1) is 9.43. The van der Waals surface area contributed by atoms with Gasteiger partial charge in [0, 0.05) is 0 Å². The molecule has 0 radical (unpaired) electrons. The van der Waals surface area contributed by atoms with Crippen LogP contribution in [0, 0.1) is 21.7 Å². The van der Waals surface area contributed by atoms with Crippen LogP contribution in [0.15, 0.2) is 16.7 Å². The summed E-state index contributed by atoms with van der Waals surface area (Å²) in [6.45, 7) is 1.78. The van der Waals surface area contributed by atoms with E-state index in [1.54, 1.807) is 6.92 Å². The van der Waals surface area contributed by atoms with E-state index >= 15 is 0 Å². The number of aromatic nitrogens is 2. The fourth-order valence-corrected chi connectivity index (χ4v) is 1.61. The van der Waals surface area contributed by atoms with Gasteiger partial charge in [0.2, 0.25) is 5.82 Å². The van der Waals surface area contributed by atoms with Crippen LogP contribution in [0.25, 0.3) is 11.5 Å². The smallest absolute Gasteiger partial charge is 0.308 e. The molecule has 106 valence electrons. The molecular formula is C11H8ClF2N3O3. The van der Waals surface area contributed by atoms with Gasteiger partial charge < -0.3 is 4.52 Å². The number of hydrogen-bond donors (Lipinski definition) is 0. The van der Waals surface area contributed by atoms with Crippen molar-refractivity contribution in [2.24, 2.45) is 0 Å². The lowest BCUT2D eigenvalue weighted by atomic mass is 10.1. The molecule has 0 spiro atoms. The summed E-state index contributed by atoms with van der Waals surface area (Å²) in [5.41, 5.74) is -1.48. The zero-order chi connectivity index (χ0) is 14.9. The van der Waals surface area contributed by atoms with Gasteiger partial charge >= 0.3 is 5.69 Å². The Kier molecular flexibility index (Phi) is 3.93. The average molecular weight is 304 g/mol. The number of rotatable bonds is 4. The minimum atomic E-state index is -1.24. The van der Waals surface area contributed by atoms with Crippen molar-refractivity contribution in [2.75, 3.05) is 0 Å². The molecule has 20 heavy (non-hydrogen) atoms. The summed E-state index contributed by atoms with van der Waals surface area (Å²) in [6.07, 6.45) is 0.506. The van der Waals surface area contributed by atoms with Crippen molar-refractivity contribution in [2.45, 2.75) is 18.7 Å². The van der Waals surface area contributed by atoms with Crippen LogP contribution in [0.3, 0.4) is 0 Å². The number of benzene rings is 1. The van der Waals surface area contributed by atoms with Gasteiger partial charge in [-0.05, 0) is 12.5 Å². The maximum absolute atomic E-state index is 13.9. The zero-order valence-corrected chi connectivity index (χ0v) is 10.9. The molecule has 0 amide bonds. The van der Waals surface area contributed by atoms with Crippen molar-refractivity contribution in [3.8, 4) is 11.5 Å². The first-order valence-corrected chi connectivity index (χ1v) is 5.99. The Labute approximate surface area is 116 Å². The minimum absolute atomic E-state index is 0.107. The maximum Gasteiger partial charge on any atom is 0.308 e. The van der Waals surface area contributed by atoms with E-state index in [9.17, 15) is 18.9 Å². The molecule has 0 fully saturated rings. The lowest BCUT2D eigenvalue weighted by Gasteiger charge is -2.00.